The molecule has 4 heteroatoms. The summed E-state index contributed by atoms with van der Waals surface area (Å²) < 4.78 is 16.2. The lowest BCUT2D eigenvalue weighted by atomic mass is 10.1. The maximum atomic E-state index is 5.53. The van der Waals surface area contributed by atoms with Gasteiger partial charge in [0.15, 0.2) is 11.5 Å². The zero-order valence-corrected chi connectivity index (χ0v) is 16.9. The molecular formula is C23H24O3S. The monoisotopic (exact) mass is 380 g/mol. The van der Waals surface area contributed by atoms with Crippen LogP contribution in [-0.2, 0) is 6.42 Å². The summed E-state index contributed by atoms with van der Waals surface area (Å²) in [5.74, 6) is 2.36. The van der Waals surface area contributed by atoms with Gasteiger partial charge in [0.1, 0.15) is 5.75 Å². The molecular weight excluding hydrogens is 356 g/mol. The first kappa shape index (κ1) is 19.1. The summed E-state index contributed by atoms with van der Waals surface area (Å²) in [7, 11) is 5.00. The van der Waals surface area contributed by atoms with Gasteiger partial charge in [-0.15, -0.1) is 11.3 Å². The van der Waals surface area contributed by atoms with E-state index in [2.05, 4.69) is 42.7 Å². The van der Waals surface area contributed by atoms with Gasteiger partial charge in [-0.2, -0.15) is 0 Å². The van der Waals surface area contributed by atoms with Gasteiger partial charge in [-0.25, -0.2) is 0 Å². The third kappa shape index (κ3) is 4.52. The number of thiophene rings is 1. The van der Waals surface area contributed by atoms with Crippen LogP contribution >= 0.6 is 11.3 Å². The fourth-order valence-corrected chi connectivity index (χ4v) is 3.83. The Morgan fingerprint density at radius 2 is 1.59 bits per heavy atom. The normalized spacial score (nSPS) is 11.0. The van der Waals surface area contributed by atoms with E-state index in [9.17, 15) is 0 Å². The largest absolute Gasteiger partial charge is 0.496 e. The van der Waals surface area contributed by atoms with E-state index in [1.807, 2.05) is 24.3 Å². The van der Waals surface area contributed by atoms with Gasteiger partial charge in [-0.1, -0.05) is 18.2 Å². The summed E-state index contributed by atoms with van der Waals surface area (Å²) in [5.41, 5.74) is 4.73. The Kier molecular flexibility index (Phi) is 6.20. The molecule has 2 aromatic carbocycles. The predicted molar refractivity (Wildman–Crippen MR) is 113 cm³/mol. The Hall–Kier alpha value is -2.72. The van der Waals surface area contributed by atoms with E-state index < -0.39 is 0 Å². The molecule has 1 aromatic heterocycles. The van der Waals surface area contributed by atoms with Crippen molar-refractivity contribution >= 4 is 17.4 Å². The number of methoxy groups -OCH3 is 3. The Morgan fingerprint density at radius 3 is 2.26 bits per heavy atom. The number of rotatable bonds is 7. The third-order valence-corrected chi connectivity index (χ3v) is 5.44. The molecule has 1 heterocycles. The zero-order valence-electron chi connectivity index (χ0n) is 16.1. The summed E-state index contributed by atoms with van der Waals surface area (Å²) in [6.45, 7) is 2.12. The molecule has 0 aliphatic carbocycles. The highest BCUT2D eigenvalue weighted by Crippen LogP contribution is 2.32. The Labute approximate surface area is 164 Å². The number of allylic oxidation sites excluding steroid dienone is 1. The molecule has 3 rings (SSSR count). The molecule has 0 amide bonds. The van der Waals surface area contributed by atoms with Crippen LogP contribution in [0, 0.1) is 6.92 Å². The molecule has 0 saturated heterocycles. The van der Waals surface area contributed by atoms with E-state index in [-0.39, 0.29) is 0 Å². The minimum absolute atomic E-state index is 0.742. The minimum atomic E-state index is 0.742. The molecule has 0 saturated carbocycles. The average molecular weight is 381 g/mol. The van der Waals surface area contributed by atoms with E-state index >= 15 is 0 Å². The first-order valence-corrected chi connectivity index (χ1v) is 9.63. The van der Waals surface area contributed by atoms with Crippen LogP contribution in [0.15, 0.2) is 53.9 Å². The second kappa shape index (κ2) is 8.78. The van der Waals surface area contributed by atoms with Crippen molar-refractivity contribution in [3.05, 3.63) is 70.6 Å². The molecule has 0 aliphatic heterocycles. The van der Waals surface area contributed by atoms with Crippen molar-refractivity contribution in [3.63, 3.8) is 0 Å². The van der Waals surface area contributed by atoms with Gasteiger partial charge in [0.2, 0.25) is 0 Å². The molecule has 0 fully saturated rings. The molecule has 3 nitrogen and oxygen atoms in total. The fraction of sp³-hybridized carbons (Fsp3) is 0.217. The van der Waals surface area contributed by atoms with Crippen LogP contribution in [0.1, 0.15) is 16.7 Å². The summed E-state index contributed by atoms with van der Waals surface area (Å²) in [5, 5.41) is 2.17. The summed E-state index contributed by atoms with van der Waals surface area (Å²) in [6.07, 6.45) is 5.05. The van der Waals surface area contributed by atoms with Gasteiger partial charge in [-0.05, 0) is 71.8 Å². The van der Waals surface area contributed by atoms with Crippen molar-refractivity contribution in [2.45, 2.75) is 13.3 Å². The van der Waals surface area contributed by atoms with Crippen LogP contribution in [0.5, 0.6) is 17.2 Å². The Balaban J connectivity index is 1.81. The van der Waals surface area contributed by atoms with E-state index in [1.54, 1.807) is 32.7 Å². The van der Waals surface area contributed by atoms with Crippen molar-refractivity contribution in [2.24, 2.45) is 0 Å². The SMILES string of the molecule is COc1ccc(-c2cc(C)cs2)cc1C=CCc1ccc(OC)c(OC)c1. The van der Waals surface area contributed by atoms with Crippen LogP contribution in [-0.4, -0.2) is 21.3 Å². The molecule has 27 heavy (non-hydrogen) atoms. The maximum Gasteiger partial charge on any atom is 0.160 e. The van der Waals surface area contributed by atoms with Crippen molar-refractivity contribution in [2.75, 3.05) is 21.3 Å². The van der Waals surface area contributed by atoms with Gasteiger partial charge in [-0.3, -0.25) is 0 Å². The molecule has 0 radical (unpaired) electrons. The van der Waals surface area contributed by atoms with Crippen molar-refractivity contribution < 1.29 is 14.2 Å². The van der Waals surface area contributed by atoms with Gasteiger partial charge in [0.25, 0.3) is 0 Å². The summed E-state index contributed by atoms with van der Waals surface area (Å²) in [6, 6.07) is 14.5. The molecule has 0 bridgehead atoms. The van der Waals surface area contributed by atoms with Crippen LogP contribution in [0.4, 0.5) is 0 Å². The maximum absolute atomic E-state index is 5.53. The minimum Gasteiger partial charge on any atom is -0.496 e. The van der Waals surface area contributed by atoms with Gasteiger partial charge in [0, 0.05) is 10.4 Å². The highest BCUT2D eigenvalue weighted by molar-refractivity contribution is 7.13. The third-order valence-electron chi connectivity index (χ3n) is 4.34. The molecule has 0 atom stereocenters. The first-order chi connectivity index (χ1) is 13.1. The van der Waals surface area contributed by atoms with Crippen LogP contribution in [0.25, 0.3) is 16.5 Å². The van der Waals surface area contributed by atoms with E-state index in [0.29, 0.717) is 0 Å². The highest BCUT2D eigenvalue weighted by atomic mass is 32.1. The molecule has 140 valence electrons. The van der Waals surface area contributed by atoms with E-state index in [1.165, 1.54) is 16.0 Å². The average Bonchev–Trinajstić information content (AvgIpc) is 3.14. The lowest BCUT2D eigenvalue weighted by Crippen LogP contribution is -1.92. The van der Waals surface area contributed by atoms with Crippen LogP contribution in [0.2, 0.25) is 0 Å². The van der Waals surface area contributed by atoms with Crippen molar-refractivity contribution in [1.82, 2.24) is 0 Å². The topological polar surface area (TPSA) is 27.7 Å². The number of aryl methyl sites for hydroxylation is 1. The number of ether oxygens (including phenoxy) is 3. The predicted octanol–water partition coefficient (Wildman–Crippen LogP) is 6.01. The van der Waals surface area contributed by atoms with E-state index in [0.717, 1.165) is 34.8 Å². The Bertz CT molecular complexity index is 941. The van der Waals surface area contributed by atoms with Crippen LogP contribution in [0.3, 0.4) is 0 Å². The zero-order chi connectivity index (χ0) is 19.2. The van der Waals surface area contributed by atoms with Crippen molar-refractivity contribution in [1.29, 1.82) is 0 Å². The highest BCUT2D eigenvalue weighted by Gasteiger charge is 2.06. The second-order valence-electron chi connectivity index (χ2n) is 6.24. The van der Waals surface area contributed by atoms with Gasteiger partial charge < -0.3 is 14.2 Å². The molecule has 0 N–H and O–H groups in total. The van der Waals surface area contributed by atoms with Crippen molar-refractivity contribution in [3.8, 4) is 27.7 Å². The molecule has 0 spiro atoms. The number of benzene rings is 2. The van der Waals surface area contributed by atoms with E-state index in [4.69, 9.17) is 14.2 Å². The summed E-state index contributed by atoms with van der Waals surface area (Å²) >= 11 is 1.76. The quantitative estimate of drug-likeness (QED) is 0.503. The number of hydrogen-bond acceptors (Lipinski definition) is 4. The molecule has 3 aromatic rings. The van der Waals surface area contributed by atoms with Crippen LogP contribution < -0.4 is 14.2 Å². The first-order valence-electron chi connectivity index (χ1n) is 8.75. The lowest BCUT2D eigenvalue weighted by molar-refractivity contribution is 0.354. The lowest BCUT2D eigenvalue weighted by Gasteiger charge is -2.09. The Morgan fingerprint density at radius 1 is 0.852 bits per heavy atom. The van der Waals surface area contributed by atoms with Gasteiger partial charge in [0.05, 0.1) is 21.3 Å². The summed E-state index contributed by atoms with van der Waals surface area (Å²) in [4.78, 5) is 1.27. The molecule has 0 aliphatic rings. The smallest absolute Gasteiger partial charge is 0.160 e. The second-order valence-corrected chi connectivity index (χ2v) is 7.15. The van der Waals surface area contributed by atoms with Gasteiger partial charge >= 0.3 is 0 Å². The fourth-order valence-electron chi connectivity index (χ4n) is 2.93. The molecule has 0 unspecified atom stereocenters. The standard InChI is InChI=1S/C23H24O3S/c1-16-12-23(27-15-16)19-9-11-20(24-2)18(14-19)7-5-6-17-8-10-21(25-3)22(13-17)26-4/h5,7-15H,6H2,1-4H3. The number of hydrogen-bond donors (Lipinski definition) is 0.